The Morgan fingerprint density at radius 3 is 2.45 bits per heavy atom. The zero-order valence-electron chi connectivity index (χ0n) is 16.6. The van der Waals surface area contributed by atoms with E-state index in [1.807, 2.05) is 6.92 Å². The summed E-state index contributed by atoms with van der Waals surface area (Å²) in [6.07, 6.45) is 1.86. The van der Waals surface area contributed by atoms with Gasteiger partial charge in [-0.05, 0) is 48.7 Å². The van der Waals surface area contributed by atoms with Crippen LogP contribution < -0.4 is 5.32 Å². The second-order valence-electron chi connectivity index (χ2n) is 6.88. The zero-order valence-corrected chi connectivity index (χ0v) is 18.1. The van der Waals surface area contributed by atoms with Crippen LogP contribution in [0.4, 0.5) is 4.39 Å². The molecule has 0 bridgehead atoms. The van der Waals surface area contributed by atoms with Gasteiger partial charge < -0.3 is 10.2 Å². The number of amides is 2. The van der Waals surface area contributed by atoms with Gasteiger partial charge in [-0.3, -0.25) is 9.59 Å². The highest BCUT2D eigenvalue weighted by molar-refractivity contribution is 6.35. The summed E-state index contributed by atoms with van der Waals surface area (Å²) in [5.74, 6) is -0.835. The summed E-state index contributed by atoms with van der Waals surface area (Å²) >= 11 is 12.1. The van der Waals surface area contributed by atoms with Gasteiger partial charge in [-0.25, -0.2) is 4.39 Å². The molecule has 7 heteroatoms. The van der Waals surface area contributed by atoms with Crippen molar-refractivity contribution in [2.24, 2.45) is 0 Å². The van der Waals surface area contributed by atoms with Crippen molar-refractivity contribution in [3.8, 4) is 0 Å². The molecule has 0 saturated heterocycles. The molecule has 0 saturated carbocycles. The minimum atomic E-state index is -0.685. The van der Waals surface area contributed by atoms with Crippen LogP contribution in [0.3, 0.4) is 0 Å². The van der Waals surface area contributed by atoms with Crippen LogP contribution in [0.5, 0.6) is 0 Å². The maximum absolute atomic E-state index is 13.2. The van der Waals surface area contributed by atoms with Gasteiger partial charge in [0.1, 0.15) is 11.9 Å². The highest BCUT2D eigenvalue weighted by Gasteiger charge is 2.26. The van der Waals surface area contributed by atoms with Crippen molar-refractivity contribution in [2.75, 3.05) is 6.54 Å². The lowest BCUT2D eigenvalue weighted by Crippen LogP contribution is -2.48. The van der Waals surface area contributed by atoms with Crippen LogP contribution in [-0.2, 0) is 22.6 Å². The molecule has 2 aromatic rings. The van der Waals surface area contributed by atoms with Gasteiger partial charge in [0, 0.05) is 23.1 Å². The fourth-order valence-corrected chi connectivity index (χ4v) is 3.31. The standard InChI is InChI=1S/C22H25Cl2FN2O2/c1-3-4-11-26-22(29)15(2)27(14-16-5-9-19(25)10-6-16)21(28)12-17-7-8-18(23)13-20(17)24/h5-10,13,15H,3-4,11-12,14H2,1-2H3,(H,26,29)/t15-/m0/s1. The number of unbranched alkanes of at least 4 members (excludes halogenated alkanes) is 1. The minimum absolute atomic E-state index is 0.0315. The predicted molar refractivity (Wildman–Crippen MR) is 114 cm³/mol. The number of carbonyl (C=O) groups is 2. The molecule has 0 fully saturated rings. The third-order valence-electron chi connectivity index (χ3n) is 4.62. The molecule has 0 aliphatic carbocycles. The molecule has 2 aromatic carbocycles. The highest BCUT2D eigenvalue weighted by Crippen LogP contribution is 2.22. The van der Waals surface area contributed by atoms with Crippen LogP contribution in [0, 0.1) is 5.82 Å². The summed E-state index contributed by atoms with van der Waals surface area (Å²) in [6, 6.07) is 10.1. The summed E-state index contributed by atoms with van der Waals surface area (Å²) in [6.45, 7) is 4.47. The van der Waals surface area contributed by atoms with Crippen molar-refractivity contribution < 1.29 is 14.0 Å². The van der Waals surface area contributed by atoms with Gasteiger partial charge in [0.15, 0.2) is 0 Å². The molecular weight excluding hydrogens is 414 g/mol. The zero-order chi connectivity index (χ0) is 21.4. The fraction of sp³-hybridized carbons (Fsp3) is 0.364. The molecule has 1 atom stereocenters. The maximum atomic E-state index is 13.2. The average Bonchev–Trinajstić information content (AvgIpc) is 2.69. The van der Waals surface area contributed by atoms with Crippen molar-refractivity contribution >= 4 is 35.0 Å². The number of hydrogen-bond donors (Lipinski definition) is 1. The molecule has 0 aliphatic rings. The fourth-order valence-electron chi connectivity index (χ4n) is 2.83. The number of halogens is 3. The summed E-state index contributed by atoms with van der Waals surface area (Å²) in [4.78, 5) is 27.1. The summed E-state index contributed by atoms with van der Waals surface area (Å²) in [5.41, 5.74) is 1.36. The number of rotatable bonds is 9. The molecule has 4 nitrogen and oxygen atoms in total. The second-order valence-corrected chi connectivity index (χ2v) is 7.72. The Labute approximate surface area is 181 Å². The van der Waals surface area contributed by atoms with Crippen LogP contribution >= 0.6 is 23.2 Å². The van der Waals surface area contributed by atoms with Crippen LogP contribution in [-0.4, -0.2) is 29.3 Å². The van der Waals surface area contributed by atoms with Crippen LogP contribution in [0.15, 0.2) is 42.5 Å². The van der Waals surface area contributed by atoms with Crippen molar-refractivity contribution in [2.45, 2.75) is 45.7 Å². The molecule has 0 spiro atoms. The second kappa shape index (κ2) is 11.2. The number of carbonyl (C=O) groups excluding carboxylic acids is 2. The van der Waals surface area contributed by atoms with Gasteiger partial charge in [-0.1, -0.05) is 54.7 Å². The van der Waals surface area contributed by atoms with E-state index >= 15 is 0 Å². The molecule has 0 unspecified atom stereocenters. The number of nitrogens with one attached hydrogen (secondary N) is 1. The molecule has 0 aromatic heterocycles. The first-order chi connectivity index (χ1) is 13.8. The monoisotopic (exact) mass is 438 g/mol. The van der Waals surface area contributed by atoms with E-state index in [0.717, 1.165) is 18.4 Å². The van der Waals surface area contributed by atoms with Gasteiger partial charge in [-0.2, -0.15) is 0 Å². The lowest BCUT2D eigenvalue weighted by atomic mass is 10.1. The minimum Gasteiger partial charge on any atom is -0.354 e. The normalized spacial score (nSPS) is 11.8. The van der Waals surface area contributed by atoms with Crippen molar-refractivity contribution in [3.63, 3.8) is 0 Å². The first kappa shape index (κ1) is 23.2. The van der Waals surface area contributed by atoms with Gasteiger partial charge in [0.25, 0.3) is 0 Å². The van der Waals surface area contributed by atoms with Crippen LogP contribution in [0.25, 0.3) is 0 Å². The Balaban J connectivity index is 2.20. The molecule has 156 valence electrons. The lowest BCUT2D eigenvalue weighted by molar-refractivity contribution is -0.140. The number of benzene rings is 2. The Morgan fingerprint density at radius 2 is 1.83 bits per heavy atom. The largest absolute Gasteiger partial charge is 0.354 e. The summed E-state index contributed by atoms with van der Waals surface area (Å²) in [5, 5.41) is 3.74. The van der Waals surface area contributed by atoms with Crippen LogP contribution in [0.1, 0.15) is 37.8 Å². The van der Waals surface area contributed by atoms with E-state index in [0.29, 0.717) is 22.2 Å². The summed E-state index contributed by atoms with van der Waals surface area (Å²) in [7, 11) is 0. The quantitative estimate of drug-likeness (QED) is 0.559. The number of hydrogen-bond acceptors (Lipinski definition) is 2. The van der Waals surface area contributed by atoms with E-state index in [9.17, 15) is 14.0 Å². The average molecular weight is 439 g/mol. The molecule has 0 heterocycles. The maximum Gasteiger partial charge on any atom is 0.242 e. The topological polar surface area (TPSA) is 49.4 Å². The molecule has 1 N–H and O–H groups in total. The van der Waals surface area contributed by atoms with Gasteiger partial charge in [-0.15, -0.1) is 0 Å². The molecule has 29 heavy (non-hydrogen) atoms. The molecule has 2 amide bonds. The first-order valence-corrected chi connectivity index (χ1v) is 10.3. The third-order valence-corrected chi connectivity index (χ3v) is 5.21. The van der Waals surface area contributed by atoms with E-state index in [1.165, 1.54) is 17.0 Å². The summed E-state index contributed by atoms with van der Waals surface area (Å²) < 4.78 is 13.2. The highest BCUT2D eigenvalue weighted by atomic mass is 35.5. The van der Waals surface area contributed by atoms with Crippen molar-refractivity contribution in [1.29, 1.82) is 0 Å². The van der Waals surface area contributed by atoms with E-state index in [1.54, 1.807) is 37.3 Å². The van der Waals surface area contributed by atoms with Gasteiger partial charge in [0.05, 0.1) is 6.42 Å². The Bertz CT molecular complexity index is 843. The van der Waals surface area contributed by atoms with Crippen molar-refractivity contribution in [1.82, 2.24) is 10.2 Å². The smallest absolute Gasteiger partial charge is 0.242 e. The Kier molecular flexibility index (Phi) is 8.93. The van der Waals surface area contributed by atoms with Crippen molar-refractivity contribution in [3.05, 3.63) is 69.5 Å². The predicted octanol–water partition coefficient (Wildman–Crippen LogP) is 5.01. The van der Waals surface area contributed by atoms with E-state index in [4.69, 9.17) is 23.2 Å². The lowest BCUT2D eigenvalue weighted by Gasteiger charge is -2.29. The molecular formula is C22H25Cl2FN2O2. The van der Waals surface area contributed by atoms with Crippen LogP contribution in [0.2, 0.25) is 10.0 Å². The molecule has 0 radical (unpaired) electrons. The van der Waals surface area contributed by atoms with Gasteiger partial charge >= 0.3 is 0 Å². The van der Waals surface area contributed by atoms with E-state index in [2.05, 4.69) is 5.32 Å². The van der Waals surface area contributed by atoms with E-state index in [-0.39, 0.29) is 30.6 Å². The SMILES string of the molecule is CCCCNC(=O)[C@H](C)N(Cc1ccc(F)cc1)C(=O)Cc1ccc(Cl)cc1Cl. The molecule has 0 aliphatic heterocycles. The molecule has 2 rings (SSSR count). The Morgan fingerprint density at radius 1 is 1.14 bits per heavy atom. The van der Waals surface area contributed by atoms with E-state index < -0.39 is 6.04 Å². The third kappa shape index (κ3) is 7.02. The number of nitrogens with zero attached hydrogens (tertiary/aromatic N) is 1. The van der Waals surface area contributed by atoms with Gasteiger partial charge in [0.2, 0.25) is 11.8 Å². The Hall–Kier alpha value is -2.11. The first-order valence-electron chi connectivity index (χ1n) is 9.57.